The van der Waals surface area contributed by atoms with Gasteiger partial charge in [0.1, 0.15) is 18.7 Å². The van der Waals surface area contributed by atoms with Crippen LogP contribution in [0.25, 0.3) is 11.3 Å². The van der Waals surface area contributed by atoms with Gasteiger partial charge >= 0.3 is 12.2 Å². The highest BCUT2D eigenvalue weighted by Gasteiger charge is 2.37. The standard InChI is InChI=1S/C48H72N6O12/c1-47(2,3)41(52-46(59)66-31-30-65-29-28-64-27-26-63-25-24-62-23-22-60-7)43(56)50-39(32-35-14-10-9-11-15-35)40(55)34-54(53-44(57)42(48(4,5)6)51-45(58)61-8)33-36-17-19-37(20-18-36)38-16-12-13-21-49-38/h9-21,39-42,55H,22-34H2,1-8H3,(H,50,56)(H,51,58)(H,52,59)(H,53,57)/t39-,40-,41+,42+/m0/s1/i1D3,2D3,3D3,8D3,33D2. The Labute approximate surface area is 409 Å². The molecule has 0 spiro atoms. The number of alkyl carbamates (subject to hydrolysis) is 2. The van der Waals surface area contributed by atoms with E-state index in [0.29, 0.717) is 48.3 Å². The number of benzene rings is 2. The summed E-state index contributed by atoms with van der Waals surface area (Å²) in [7, 11) is -1.68. The van der Waals surface area contributed by atoms with Crippen molar-refractivity contribution in [2.45, 2.75) is 78.5 Å². The van der Waals surface area contributed by atoms with Crippen LogP contribution in [0.4, 0.5) is 9.59 Å². The minimum Gasteiger partial charge on any atom is -0.453 e. The van der Waals surface area contributed by atoms with Gasteiger partial charge in [0.15, 0.2) is 0 Å². The van der Waals surface area contributed by atoms with Crippen molar-refractivity contribution in [3.63, 3.8) is 0 Å². The number of rotatable bonds is 29. The number of pyridine rings is 1. The Balaban J connectivity index is 2.04. The fraction of sp³-hybridized carbons (Fsp3) is 0.562. The molecule has 4 amide bonds. The first kappa shape index (κ1) is 36.9. The smallest absolute Gasteiger partial charge is 0.407 e. The van der Waals surface area contributed by atoms with Crippen molar-refractivity contribution < 1.29 is 76.6 Å². The van der Waals surface area contributed by atoms with Crippen LogP contribution in [-0.4, -0.2) is 150 Å². The van der Waals surface area contributed by atoms with Crippen molar-refractivity contribution in [2.75, 3.05) is 86.8 Å². The number of ether oxygens (including phenoxy) is 7. The Hall–Kier alpha value is -5.21. The lowest BCUT2D eigenvalue weighted by Gasteiger charge is -2.35. The number of hydrogen-bond donors (Lipinski definition) is 5. The molecule has 5 N–H and O–H groups in total. The molecule has 0 saturated heterocycles. The van der Waals surface area contributed by atoms with E-state index in [1.54, 1.807) is 49.7 Å². The zero-order chi connectivity index (χ0) is 60.2. The molecule has 3 aromatic rings. The van der Waals surface area contributed by atoms with Crippen LogP contribution in [0.5, 0.6) is 0 Å². The van der Waals surface area contributed by atoms with Crippen molar-refractivity contribution in [3.05, 3.63) is 90.1 Å². The molecule has 1 heterocycles. The first-order valence-corrected chi connectivity index (χ1v) is 21.0. The molecule has 3 rings (SSSR count). The molecular formula is C48H72N6O12. The molecular weight excluding hydrogens is 853 g/mol. The van der Waals surface area contributed by atoms with Gasteiger partial charge in [-0.3, -0.25) is 20.0 Å². The Morgan fingerprint density at radius 3 is 1.83 bits per heavy atom. The number of aromatic nitrogens is 1. The van der Waals surface area contributed by atoms with Gasteiger partial charge in [0.2, 0.25) is 5.91 Å². The van der Waals surface area contributed by atoms with E-state index >= 15 is 0 Å². The third-order valence-electron chi connectivity index (χ3n) is 9.26. The number of hydrazine groups is 1. The third kappa shape index (κ3) is 21.4. The van der Waals surface area contributed by atoms with Crippen LogP contribution in [0.3, 0.4) is 0 Å². The summed E-state index contributed by atoms with van der Waals surface area (Å²) in [4.78, 5) is 59.7. The lowest BCUT2D eigenvalue weighted by atomic mass is 9.85. The lowest BCUT2D eigenvalue weighted by Crippen LogP contribution is -2.61. The average Bonchev–Trinajstić information content (AvgIpc) is 3.35. The van der Waals surface area contributed by atoms with E-state index in [2.05, 4.69) is 25.8 Å². The number of aliphatic hydroxyl groups is 1. The summed E-state index contributed by atoms with van der Waals surface area (Å²) in [6.07, 6.45) is -4.17. The largest absolute Gasteiger partial charge is 0.453 e. The van der Waals surface area contributed by atoms with Gasteiger partial charge in [-0.2, -0.15) is 0 Å². The van der Waals surface area contributed by atoms with Gasteiger partial charge in [0, 0.05) is 44.2 Å². The van der Waals surface area contributed by atoms with Crippen LogP contribution in [0.15, 0.2) is 79.0 Å². The number of nitrogens with one attached hydrogen (secondary N) is 4. The van der Waals surface area contributed by atoms with Gasteiger partial charge in [-0.1, -0.05) is 102 Å². The molecule has 0 aliphatic carbocycles. The predicted octanol–water partition coefficient (Wildman–Crippen LogP) is 4.29. The van der Waals surface area contributed by atoms with Crippen LogP contribution in [0.1, 0.15) is 71.6 Å². The first-order valence-electron chi connectivity index (χ1n) is 28.0. The van der Waals surface area contributed by atoms with E-state index in [4.69, 9.17) is 44.9 Å². The second-order valence-electron chi connectivity index (χ2n) is 15.7. The van der Waals surface area contributed by atoms with Crippen molar-refractivity contribution in [3.8, 4) is 11.3 Å². The Kier molecular flexibility index (Phi) is 16.4. The molecule has 0 unspecified atom stereocenters. The monoisotopic (exact) mass is 939 g/mol. The van der Waals surface area contributed by atoms with E-state index in [1.165, 1.54) is 57.2 Å². The van der Waals surface area contributed by atoms with Gasteiger partial charge in [0.25, 0.3) is 5.91 Å². The molecule has 1 aromatic heterocycles. The van der Waals surface area contributed by atoms with Gasteiger partial charge in [0.05, 0.1) is 91.2 Å². The fourth-order valence-corrected chi connectivity index (χ4v) is 5.90. The zero-order valence-corrected chi connectivity index (χ0v) is 37.6. The average molecular weight is 939 g/mol. The number of amides is 4. The fourth-order valence-electron chi connectivity index (χ4n) is 5.90. The van der Waals surface area contributed by atoms with Crippen LogP contribution in [0, 0.1) is 10.8 Å². The first-order chi connectivity index (χ1) is 37.2. The summed E-state index contributed by atoms with van der Waals surface area (Å²) in [5.74, 6) is -2.92. The molecule has 0 bridgehead atoms. The van der Waals surface area contributed by atoms with E-state index in [-0.39, 0.29) is 38.6 Å². The topological polar surface area (TPSA) is 217 Å². The molecule has 18 nitrogen and oxygen atoms in total. The quantitative estimate of drug-likeness (QED) is 0.0485. The molecule has 0 saturated carbocycles. The Bertz CT molecular complexity index is 2330. The molecule has 66 heavy (non-hydrogen) atoms. The van der Waals surface area contributed by atoms with Crippen molar-refractivity contribution >= 4 is 24.0 Å². The summed E-state index contributed by atoms with van der Waals surface area (Å²) in [6, 6.07) is 12.2. The second kappa shape index (κ2) is 29.4. The van der Waals surface area contributed by atoms with E-state index in [1.807, 2.05) is 5.32 Å². The van der Waals surface area contributed by atoms with Crippen LogP contribution < -0.4 is 21.4 Å². The van der Waals surface area contributed by atoms with Gasteiger partial charge in [-0.15, -0.1) is 0 Å². The minimum atomic E-state index is -4.09. The van der Waals surface area contributed by atoms with Gasteiger partial charge in [-0.05, 0) is 40.5 Å². The maximum atomic E-state index is 14.9. The predicted molar refractivity (Wildman–Crippen MR) is 248 cm³/mol. The highest BCUT2D eigenvalue weighted by molar-refractivity contribution is 5.87. The molecule has 4 atom stereocenters. The molecule has 2 aromatic carbocycles. The van der Waals surface area contributed by atoms with Crippen LogP contribution in [0.2, 0.25) is 0 Å². The van der Waals surface area contributed by atoms with Crippen molar-refractivity contribution in [2.24, 2.45) is 10.8 Å². The molecule has 0 aliphatic heterocycles. The molecule has 0 fully saturated rings. The zero-order valence-electron chi connectivity index (χ0n) is 51.6. The Morgan fingerprint density at radius 1 is 0.697 bits per heavy atom. The van der Waals surface area contributed by atoms with Crippen molar-refractivity contribution in [1.29, 1.82) is 0 Å². The third-order valence-corrected chi connectivity index (χ3v) is 9.26. The highest BCUT2D eigenvalue weighted by atomic mass is 16.6. The molecule has 0 aliphatic rings. The summed E-state index contributed by atoms with van der Waals surface area (Å²) in [5.41, 5.74) is -1.69. The molecule has 0 radical (unpaired) electrons. The van der Waals surface area contributed by atoms with Crippen LogP contribution >= 0.6 is 0 Å². The Morgan fingerprint density at radius 2 is 1.27 bits per heavy atom. The van der Waals surface area contributed by atoms with Gasteiger partial charge < -0.3 is 54.2 Å². The van der Waals surface area contributed by atoms with E-state index in [9.17, 15) is 27.0 Å². The molecule has 366 valence electrons. The maximum absolute atomic E-state index is 14.9. The second-order valence-corrected chi connectivity index (χ2v) is 15.7. The van der Waals surface area contributed by atoms with E-state index in [0.717, 1.165) is 0 Å². The lowest BCUT2D eigenvalue weighted by molar-refractivity contribution is -0.132. The normalized spacial score (nSPS) is 17.7. The van der Waals surface area contributed by atoms with Crippen LogP contribution in [-0.2, 0) is 55.7 Å². The van der Waals surface area contributed by atoms with Gasteiger partial charge in [-0.25, -0.2) is 14.6 Å². The number of methoxy groups -OCH3 is 2. The number of carbonyl (C=O) groups excluding carboxylic acids is 4. The number of aliphatic hydroxyl groups excluding tert-OH is 1. The summed E-state index contributed by atoms with van der Waals surface area (Å²) in [5, 5.41) is 19.3. The molecule has 18 heteroatoms. The summed E-state index contributed by atoms with van der Waals surface area (Å²) < 4.78 is 153. The minimum absolute atomic E-state index is 0.00214. The van der Waals surface area contributed by atoms with E-state index < -0.39 is 113 Å². The maximum Gasteiger partial charge on any atom is 0.407 e. The highest BCUT2D eigenvalue weighted by Crippen LogP contribution is 2.23. The number of carbonyl (C=O) groups is 4. The SMILES string of the molecule is [2H]C([2H])([2H])OC(=O)N[C@H](C(=O)NN(C[C@H](O)[C@H](Cc1ccccc1)NC(=O)[C@@H](NC(=O)OCCOCCOCCOCCOCCOC)C(C([2H])([2H])[2H])(C([2H])([2H])[2H])C([2H])([2H])[2H])C([2H])([2H])c1ccc(-c2ccccn2)cc1)C(C)(C)C. The number of hydrogen-bond acceptors (Lipinski definition) is 14. The number of nitrogens with zero attached hydrogens (tertiary/aromatic N) is 2. The summed E-state index contributed by atoms with van der Waals surface area (Å²) >= 11 is 0. The summed E-state index contributed by atoms with van der Waals surface area (Å²) in [6.45, 7) is -10.4. The van der Waals surface area contributed by atoms with Crippen molar-refractivity contribution in [1.82, 2.24) is 31.4 Å².